The second kappa shape index (κ2) is 19.2. The van der Waals surface area contributed by atoms with Crippen LogP contribution in [0.5, 0.6) is 0 Å². The van der Waals surface area contributed by atoms with E-state index >= 15 is 0 Å². The third-order valence-electron chi connectivity index (χ3n) is 9.87. The van der Waals surface area contributed by atoms with E-state index in [-0.39, 0.29) is 0 Å². The molecule has 0 aliphatic heterocycles. The van der Waals surface area contributed by atoms with Crippen LogP contribution in [0, 0.1) is 0 Å². The highest BCUT2D eigenvalue weighted by atomic mass is 28.5. The van der Waals surface area contributed by atoms with Gasteiger partial charge in [0.2, 0.25) is 36.2 Å². The van der Waals surface area contributed by atoms with E-state index < -0.39 is 45.2 Å². The number of benzene rings is 8. The molecule has 280 valence electrons. The van der Waals surface area contributed by atoms with E-state index in [2.05, 4.69) is 243 Å². The third kappa shape index (κ3) is 9.81. The molecule has 0 heterocycles. The van der Waals surface area contributed by atoms with Gasteiger partial charge in [0.1, 0.15) is 0 Å². The van der Waals surface area contributed by atoms with E-state index in [0.29, 0.717) is 0 Å². The van der Waals surface area contributed by atoms with Gasteiger partial charge >= 0.3 is 9.05 Å². The first-order chi connectivity index (χ1) is 28.2. The van der Waals surface area contributed by atoms with Crippen molar-refractivity contribution in [3.05, 3.63) is 243 Å². The molecule has 8 aromatic carbocycles. The molecule has 0 aliphatic rings. The Bertz CT molecular complexity index is 1860. The summed E-state index contributed by atoms with van der Waals surface area (Å²) in [7, 11) is -14.5. The van der Waals surface area contributed by atoms with Crippen LogP contribution in [-0.4, -0.2) is 45.2 Å². The van der Waals surface area contributed by atoms with Crippen LogP contribution >= 0.6 is 0 Å². The van der Waals surface area contributed by atoms with Crippen molar-refractivity contribution < 1.29 is 16.5 Å². The summed E-state index contributed by atoms with van der Waals surface area (Å²) >= 11 is 0. The zero-order valence-electron chi connectivity index (χ0n) is 31.5. The molecule has 9 heteroatoms. The predicted molar refractivity (Wildman–Crippen MR) is 247 cm³/mol. The second-order valence-corrected chi connectivity index (χ2v) is 26.9. The van der Waals surface area contributed by atoms with Crippen LogP contribution in [0.2, 0.25) is 0 Å². The molecule has 8 rings (SSSR count). The lowest BCUT2D eigenvalue weighted by molar-refractivity contribution is 0.171. The van der Waals surface area contributed by atoms with Crippen LogP contribution in [0.3, 0.4) is 0 Å². The zero-order valence-corrected chi connectivity index (χ0v) is 37.2. The minimum absolute atomic E-state index is 1.13. The molecule has 0 bridgehead atoms. The smallest absolute Gasteiger partial charge is 0.389 e. The maximum Gasteiger partial charge on any atom is 0.638 e. The molecular formula is C48H44O4Si5. The Morgan fingerprint density at radius 1 is 0.193 bits per heavy atom. The van der Waals surface area contributed by atoms with Crippen molar-refractivity contribution in [2.45, 2.75) is 0 Å². The highest BCUT2D eigenvalue weighted by molar-refractivity contribution is 6.96. The number of hydrogen-bond donors (Lipinski definition) is 0. The summed E-state index contributed by atoms with van der Waals surface area (Å²) in [5, 5.41) is 9.03. The second-order valence-electron chi connectivity index (χ2n) is 13.8. The Morgan fingerprint density at radius 3 is 0.439 bits per heavy atom. The van der Waals surface area contributed by atoms with Crippen molar-refractivity contribution in [3.8, 4) is 0 Å². The minimum Gasteiger partial charge on any atom is -0.389 e. The SMILES string of the molecule is c1ccc([SiH](O[Si](O[SiH](c2ccccc2)c2ccccc2)(O[SiH](c2ccccc2)c2ccccc2)O[SiH](c2ccccc2)c2ccccc2)c2ccccc2)cc1. The standard InChI is InChI=1S/C48H44O4Si5/c1-9-25-41(26-10-1)53(42-27-11-2-12-28-42)49-57(50-54(43-29-13-3-14-30-43)44-31-15-4-16-32-44,51-55(45-33-17-5-18-34-45)46-35-19-6-20-36-46)52-56(47-37-21-7-22-38-47)48-39-23-8-24-40-48/h1-40,53-56H. The Hall–Kier alpha value is -5.32. The molecule has 4 nitrogen and oxygen atoms in total. The van der Waals surface area contributed by atoms with E-state index in [1.165, 1.54) is 0 Å². The van der Waals surface area contributed by atoms with E-state index in [1.807, 2.05) is 0 Å². The van der Waals surface area contributed by atoms with Gasteiger partial charge in [0.05, 0.1) is 0 Å². The average Bonchev–Trinajstić information content (AvgIpc) is 3.31. The fourth-order valence-corrected chi connectivity index (χ4v) is 26.5. The minimum atomic E-state index is -4.26. The third-order valence-corrected chi connectivity index (χ3v) is 26.2. The topological polar surface area (TPSA) is 36.9 Å². The zero-order chi connectivity index (χ0) is 38.5. The molecule has 0 fully saturated rings. The van der Waals surface area contributed by atoms with E-state index in [0.717, 1.165) is 41.5 Å². The van der Waals surface area contributed by atoms with Gasteiger partial charge in [0.15, 0.2) is 0 Å². The lowest BCUT2D eigenvalue weighted by Crippen LogP contribution is -2.70. The molecule has 0 atom stereocenters. The molecule has 0 amide bonds. The summed E-state index contributed by atoms with van der Waals surface area (Å²) in [4.78, 5) is 0. The summed E-state index contributed by atoms with van der Waals surface area (Å²) in [5.74, 6) is 0. The van der Waals surface area contributed by atoms with Crippen molar-refractivity contribution in [1.82, 2.24) is 0 Å². The van der Waals surface area contributed by atoms with Gasteiger partial charge in [-0.05, 0) is 41.5 Å². The van der Waals surface area contributed by atoms with Gasteiger partial charge in [-0.3, -0.25) is 0 Å². The van der Waals surface area contributed by atoms with Crippen molar-refractivity contribution in [1.29, 1.82) is 0 Å². The molecule has 0 N–H and O–H groups in total. The molecule has 0 aromatic heterocycles. The Morgan fingerprint density at radius 2 is 0.316 bits per heavy atom. The van der Waals surface area contributed by atoms with E-state index in [4.69, 9.17) is 16.5 Å². The summed E-state index contributed by atoms with van der Waals surface area (Å²) in [6.07, 6.45) is 0. The highest BCUT2D eigenvalue weighted by Gasteiger charge is 2.54. The fraction of sp³-hybridized carbons (Fsp3) is 0. The van der Waals surface area contributed by atoms with Crippen LogP contribution in [0.4, 0.5) is 0 Å². The van der Waals surface area contributed by atoms with Crippen molar-refractivity contribution in [3.63, 3.8) is 0 Å². The molecule has 57 heavy (non-hydrogen) atoms. The normalized spacial score (nSPS) is 11.7. The van der Waals surface area contributed by atoms with Crippen LogP contribution in [0.25, 0.3) is 0 Å². The molecule has 0 spiro atoms. The van der Waals surface area contributed by atoms with Gasteiger partial charge in [-0.15, -0.1) is 0 Å². The van der Waals surface area contributed by atoms with Gasteiger partial charge in [-0.2, -0.15) is 0 Å². The monoisotopic (exact) mass is 824 g/mol. The molecule has 0 aliphatic carbocycles. The van der Waals surface area contributed by atoms with E-state index in [1.54, 1.807) is 0 Å². The number of rotatable bonds is 16. The predicted octanol–water partition coefficient (Wildman–Crippen LogP) is 3.64. The molecule has 0 radical (unpaired) electrons. The first kappa shape index (κ1) is 38.6. The Balaban J connectivity index is 1.40. The molecule has 0 saturated heterocycles. The van der Waals surface area contributed by atoms with Gasteiger partial charge in [-0.1, -0.05) is 243 Å². The summed E-state index contributed by atoms with van der Waals surface area (Å²) in [6.45, 7) is 0. The van der Waals surface area contributed by atoms with Gasteiger partial charge in [0, 0.05) is 0 Å². The van der Waals surface area contributed by atoms with Crippen LogP contribution in [-0.2, 0) is 16.5 Å². The largest absolute Gasteiger partial charge is 0.638 e. The fourth-order valence-electron chi connectivity index (χ4n) is 7.08. The van der Waals surface area contributed by atoms with Gasteiger partial charge < -0.3 is 16.5 Å². The maximum absolute atomic E-state index is 7.95. The number of hydrogen-bond acceptors (Lipinski definition) is 4. The molecular weight excluding hydrogens is 781 g/mol. The quantitative estimate of drug-likeness (QED) is 0.140. The first-order valence-corrected chi connectivity index (χ1v) is 27.5. The van der Waals surface area contributed by atoms with Crippen molar-refractivity contribution in [2.75, 3.05) is 0 Å². The average molecular weight is 825 g/mol. The highest BCUT2D eigenvalue weighted by Crippen LogP contribution is 2.20. The van der Waals surface area contributed by atoms with Crippen molar-refractivity contribution >= 4 is 86.7 Å². The van der Waals surface area contributed by atoms with Crippen LogP contribution in [0.1, 0.15) is 0 Å². The van der Waals surface area contributed by atoms with Gasteiger partial charge in [0.25, 0.3) is 0 Å². The Kier molecular flexibility index (Phi) is 13.0. The lowest BCUT2D eigenvalue weighted by Gasteiger charge is -2.40. The van der Waals surface area contributed by atoms with Crippen LogP contribution < -0.4 is 41.5 Å². The van der Waals surface area contributed by atoms with Gasteiger partial charge in [-0.25, -0.2) is 0 Å². The molecule has 0 unspecified atom stereocenters. The first-order valence-electron chi connectivity index (χ1n) is 19.4. The van der Waals surface area contributed by atoms with Crippen molar-refractivity contribution in [2.24, 2.45) is 0 Å². The lowest BCUT2D eigenvalue weighted by atomic mass is 10.4. The molecule has 0 saturated carbocycles. The summed E-state index contributed by atoms with van der Waals surface area (Å²) < 4.78 is 31.8. The Labute approximate surface area is 344 Å². The maximum atomic E-state index is 7.95. The summed E-state index contributed by atoms with van der Waals surface area (Å²) in [5.41, 5.74) is 0. The summed E-state index contributed by atoms with van der Waals surface area (Å²) in [6, 6.07) is 84.8. The van der Waals surface area contributed by atoms with E-state index in [9.17, 15) is 0 Å². The van der Waals surface area contributed by atoms with Crippen LogP contribution in [0.15, 0.2) is 243 Å². The molecule has 8 aromatic rings.